The quantitative estimate of drug-likeness (QED) is 0.379. The average Bonchev–Trinajstić information content (AvgIpc) is 3.45. The van der Waals surface area contributed by atoms with E-state index in [2.05, 4.69) is 103 Å². The minimum Gasteiger partial charge on any atom is -0.380 e. The van der Waals surface area contributed by atoms with Crippen LogP contribution in [0.3, 0.4) is 0 Å². The molecule has 3 aromatic rings. The number of benzene rings is 3. The van der Waals surface area contributed by atoms with Crippen molar-refractivity contribution in [2.24, 2.45) is 0 Å². The Balaban J connectivity index is 1.55. The van der Waals surface area contributed by atoms with Gasteiger partial charge in [-0.2, -0.15) is 0 Å². The van der Waals surface area contributed by atoms with E-state index < -0.39 is 5.60 Å². The van der Waals surface area contributed by atoms with E-state index in [1.165, 1.54) is 42.4 Å². The lowest BCUT2D eigenvalue weighted by molar-refractivity contribution is -0.0514. The van der Waals surface area contributed by atoms with Crippen molar-refractivity contribution in [3.05, 3.63) is 108 Å². The molecule has 3 aromatic carbocycles. The van der Waals surface area contributed by atoms with Gasteiger partial charge >= 0.3 is 0 Å². The van der Waals surface area contributed by atoms with Gasteiger partial charge < -0.3 is 9.47 Å². The Morgan fingerprint density at radius 3 is 1.88 bits per heavy atom. The molecule has 0 N–H and O–H groups in total. The molecule has 0 aliphatic carbocycles. The summed E-state index contributed by atoms with van der Waals surface area (Å²) >= 11 is 0. The van der Waals surface area contributed by atoms with E-state index in [0.717, 1.165) is 19.8 Å². The van der Waals surface area contributed by atoms with Crippen molar-refractivity contribution in [1.29, 1.82) is 0 Å². The molecule has 0 radical (unpaired) electrons. The monoisotopic (exact) mass is 441 g/mol. The van der Waals surface area contributed by atoms with Gasteiger partial charge in [-0.1, -0.05) is 91.0 Å². The highest BCUT2D eigenvalue weighted by Crippen LogP contribution is 2.46. The van der Waals surface area contributed by atoms with E-state index >= 15 is 0 Å². The predicted molar refractivity (Wildman–Crippen MR) is 133 cm³/mol. The van der Waals surface area contributed by atoms with Crippen LogP contribution >= 0.6 is 0 Å². The SMILES string of the molecule is CCOC[C@@H]1CC[C@]2(COC(c3ccccc3)(c3ccccc3)c3ccccc3)CCCN12. The van der Waals surface area contributed by atoms with E-state index in [0.29, 0.717) is 12.6 Å². The molecule has 33 heavy (non-hydrogen) atoms. The lowest BCUT2D eigenvalue weighted by atomic mass is 9.79. The topological polar surface area (TPSA) is 21.7 Å². The normalized spacial score (nSPS) is 23.0. The minimum atomic E-state index is -0.648. The minimum absolute atomic E-state index is 0.103. The largest absolute Gasteiger partial charge is 0.380 e. The summed E-state index contributed by atoms with van der Waals surface area (Å²) in [6, 6.07) is 32.7. The van der Waals surface area contributed by atoms with E-state index in [1.54, 1.807) is 0 Å². The maximum absolute atomic E-state index is 7.25. The maximum Gasteiger partial charge on any atom is 0.143 e. The Hall–Kier alpha value is -2.46. The molecule has 0 spiro atoms. The number of hydrogen-bond acceptors (Lipinski definition) is 3. The summed E-state index contributed by atoms with van der Waals surface area (Å²) < 4.78 is 13.1. The highest BCUT2D eigenvalue weighted by molar-refractivity contribution is 5.47. The van der Waals surface area contributed by atoms with Crippen LogP contribution in [0.25, 0.3) is 0 Å². The highest BCUT2D eigenvalue weighted by Gasteiger charge is 2.51. The summed E-state index contributed by atoms with van der Waals surface area (Å²) in [5.41, 5.74) is 2.97. The summed E-state index contributed by atoms with van der Waals surface area (Å²) in [5, 5.41) is 0. The maximum atomic E-state index is 7.25. The van der Waals surface area contributed by atoms with Crippen molar-refractivity contribution in [3.8, 4) is 0 Å². The van der Waals surface area contributed by atoms with Crippen LogP contribution in [0, 0.1) is 0 Å². The molecule has 2 saturated heterocycles. The van der Waals surface area contributed by atoms with Gasteiger partial charge in [-0.3, -0.25) is 4.90 Å². The second kappa shape index (κ2) is 9.80. The molecule has 0 saturated carbocycles. The van der Waals surface area contributed by atoms with E-state index in [9.17, 15) is 0 Å². The van der Waals surface area contributed by atoms with Crippen LogP contribution in [-0.2, 0) is 15.1 Å². The van der Waals surface area contributed by atoms with Crippen molar-refractivity contribution in [3.63, 3.8) is 0 Å². The first-order valence-electron chi connectivity index (χ1n) is 12.4. The fraction of sp³-hybridized carbons (Fsp3) is 0.400. The van der Waals surface area contributed by atoms with Gasteiger partial charge in [0.15, 0.2) is 0 Å². The van der Waals surface area contributed by atoms with Gasteiger partial charge in [0.1, 0.15) is 5.60 Å². The lowest BCUT2D eigenvalue weighted by Crippen LogP contribution is -2.49. The van der Waals surface area contributed by atoms with Crippen LogP contribution in [0.5, 0.6) is 0 Å². The molecule has 172 valence electrons. The standard InChI is InChI=1S/C30H35NO2/c1-2-32-23-28-19-21-29(20-12-22-31(28)29)24-33-30(25-13-6-3-7-14-25,26-15-8-4-9-16-26)27-17-10-5-11-18-27/h3-11,13-18,28H,2,12,19-24H2,1H3/t28-,29-/m0/s1. The van der Waals surface area contributed by atoms with E-state index in [-0.39, 0.29) is 5.54 Å². The van der Waals surface area contributed by atoms with Crippen molar-refractivity contribution in [2.45, 2.75) is 49.8 Å². The first-order chi connectivity index (χ1) is 16.3. The number of rotatable bonds is 9. The molecule has 0 unspecified atom stereocenters. The molecular weight excluding hydrogens is 406 g/mol. The van der Waals surface area contributed by atoms with Crippen LogP contribution in [0.2, 0.25) is 0 Å². The molecule has 2 atom stereocenters. The fourth-order valence-electron chi connectivity index (χ4n) is 6.05. The molecule has 2 aliphatic heterocycles. The number of ether oxygens (including phenoxy) is 2. The summed E-state index contributed by atoms with van der Waals surface area (Å²) in [6.45, 7) is 5.57. The van der Waals surface area contributed by atoms with Gasteiger partial charge in [0, 0.05) is 18.2 Å². The summed E-state index contributed by atoms with van der Waals surface area (Å²) in [4.78, 5) is 2.70. The first kappa shape index (κ1) is 22.3. The molecular formula is C30H35NO2. The zero-order valence-corrected chi connectivity index (χ0v) is 19.7. The summed E-state index contributed by atoms with van der Waals surface area (Å²) in [7, 11) is 0. The van der Waals surface area contributed by atoms with Crippen molar-refractivity contribution in [1.82, 2.24) is 4.90 Å². The van der Waals surface area contributed by atoms with Gasteiger partial charge in [0.05, 0.1) is 13.2 Å². The van der Waals surface area contributed by atoms with Crippen molar-refractivity contribution in [2.75, 3.05) is 26.4 Å². The van der Waals surface area contributed by atoms with Crippen LogP contribution in [0.4, 0.5) is 0 Å². The fourth-order valence-corrected chi connectivity index (χ4v) is 6.05. The molecule has 2 aliphatic rings. The Morgan fingerprint density at radius 2 is 1.36 bits per heavy atom. The third kappa shape index (κ3) is 4.14. The van der Waals surface area contributed by atoms with Crippen molar-refractivity contribution < 1.29 is 9.47 Å². The predicted octanol–water partition coefficient (Wildman–Crippen LogP) is 6.03. The third-order valence-corrected chi connectivity index (χ3v) is 7.65. The molecule has 5 rings (SSSR count). The molecule has 3 heteroatoms. The van der Waals surface area contributed by atoms with Gasteiger partial charge in [0.2, 0.25) is 0 Å². The molecule has 0 amide bonds. The zero-order valence-electron chi connectivity index (χ0n) is 19.7. The van der Waals surface area contributed by atoms with Crippen LogP contribution in [0.1, 0.15) is 49.3 Å². The van der Waals surface area contributed by atoms with Crippen LogP contribution < -0.4 is 0 Å². The molecule has 2 heterocycles. The second-order valence-electron chi connectivity index (χ2n) is 9.44. The Labute approximate surface area is 198 Å². The van der Waals surface area contributed by atoms with E-state index in [4.69, 9.17) is 9.47 Å². The Morgan fingerprint density at radius 1 is 0.818 bits per heavy atom. The molecule has 0 bridgehead atoms. The van der Waals surface area contributed by atoms with E-state index in [1.807, 2.05) is 0 Å². The smallest absolute Gasteiger partial charge is 0.143 e. The number of hydrogen-bond donors (Lipinski definition) is 0. The Kier molecular flexibility index (Phi) is 6.64. The van der Waals surface area contributed by atoms with Gasteiger partial charge in [0.25, 0.3) is 0 Å². The average molecular weight is 442 g/mol. The number of fused-ring (bicyclic) bond motifs is 1. The number of nitrogens with zero attached hydrogens (tertiary/aromatic N) is 1. The molecule has 2 fully saturated rings. The molecule has 0 aromatic heterocycles. The van der Waals surface area contributed by atoms with Crippen LogP contribution in [0.15, 0.2) is 91.0 Å². The first-order valence-corrected chi connectivity index (χ1v) is 12.4. The van der Waals surface area contributed by atoms with Gasteiger partial charge in [-0.15, -0.1) is 0 Å². The molecule has 3 nitrogen and oxygen atoms in total. The van der Waals surface area contributed by atoms with Crippen LogP contribution in [-0.4, -0.2) is 42.8 Å². The van der Waals surface area contributed by atoms with Gasteiger partial charge in [-0.25, -0.2) is 0 Å². The zero-order chi connectivity index (χ0) is 22.6. The third-order valence-electron chi connectivity index (χ3n) is 7.65. The lowest BCUT2D eigenvalue weighted by Gasteiger charge is -2.41. The second-order valence-corrected chi connectivity index (χ2v) is 9.44. The van der Waals surface area contributed by atoms with Gasteiger partial charge in [-0.05, 0) is 55.8 Å². The summed E-state index contributed by atoms with van der Waals surface area (Å²) in [6.07, 6.45) is 4.81. The highest BCUT2D eigenvalue weighted by atomic mass is 16.5. The van der Waals surface area contributed by atoms with Crippen molar-refractivity contribution >= 4 is 0 Å². The summed E-state index contributed by atoms with van der Waals surface area (Å²) in [5.74, 6) is 0. The Bertz CT molecular complexity index is 911.